The topological polar surface area (TPSA) is 42.4 Å². The average molecular weight is 238 g/mol. The molecule has 1 aromatic rings. The van der Waals surface area contributed by atoms with Crippen molar-refractivity contribution in [3.8, 4) is 0 Å². The van der Waals surface area contributed by atoms with E-state index in [0.717, 1.165) is 12.6 Å². The molecule has 0 N–H and O–H groups in total. The number of halogens is 1. The zero-order chi connectivity index (χ0) is 12.3. The van der Waals surface area contributed by atoms with Crippen LogP contribution in [0.2, 0.25) is 0 Å². The molecular weight excluding hydrogens is 223 g/mol. The van der Waals surface area contributed by atoms with Gasteiger partial charge in [-0.15, -0.1) is 0 Å². The number of pyridine rings is 1. The van der Waals surface area contributed by atoms with E-state index >= 15 is 0 Å². The molecule has 1 unspecified atom stereocenters. The fraction of sp³-hybridized carbons (Fsp3) is 0.500. The molecule has 1 aromatic heterocycles. The van der Waals surface area contributed by atoms with E-state index in [0.29, 0.717) is 19.8 Å². The van der Waals surface area contributed by atoms with Crippen LogP contribution in [0.3, 0.4) is 0 Å². The smallest absolute Gasteiger partial charge is 0.257 e. The first kappa shape index (κ1) is 12.0. The summed E-state index contributed by atoms with van der Waals surface area (Å²) in [6, 6.07) is 1.45. The molecule has 0 saturated carbocycles. The molecule has 1 amide bonds. The average Bonchev–Trinajstić information content (AvgIpc) is 2.38. The van der Waals surface area contributed by atoms with Gasteiger partial charge in [0, 0.05) is 12.7 Å². The van der Waals surface area contributed by atoms with Crippen molar-refractivity contribution in [2.75, 3.05) is 19.8 Å². The Morgan fingerprint density at radius 1 is 1.71 bits per heavy atom. The Morgan fingerprint density at radius 3 is 3.24 bits per heavy atom. The largest absolute Gasteiger partial charge is 0.377 e. The summed E-state index contributed by atoms with van der Waals surface area (Å²) in [7, 11) is 0. The number of amides is 1. The van der Waals surface area contributed by atoms with E-state index in [1.807, 2.05) is 6.92 Å². The third-order valence-electron chi connectivity index (χ3n) is 2.96. The van der Waals surface area contributed by atoms with Crippen LogP contribution in [0, 0.1) is 5.82 Å². The van der Waals surface area contributed by atoms with Gasteiger partial charge in [-0.25, -0.2) is 4.39 Å². The van der Waals surface area contributed by atoms with Crippen LogP contribution in [0.1, 0.15) is 23.7 Å². The number of carbonyl (C=O) groups excluding carboxylic acids is 1. The summed E-state index contributed by atoms with van der Waals surface area (Å²) in [6.45, 7) is 3.53. The molecule has 17 heavy (non-hydrogen) atoms. The summed E-state index contributed by atoms with van der Waals surface area (Å²) in [5, 5.41) is 0. The van der Waals surface area contributed by atoms with Crippen LogP contribution in [0.4, 0.5) is 4.39 Å². The first-order valence-electron chi connectivity index (χ1n) is 5.72. The molecule has 5 heteroatoms. The van der Waals surface area contributed by atoms with Crippen LogP contribution in [0.25, 0.3) is 0 Å². The number of ether oxygens (including phenoxy) is 1. The van der Waals surface area contributed by atoms with Crippen LogP contribution in [-0.2, 0) is 4.74 Å². The molecule has 4 nitrogen and oxygen atoms in total. The number of carbonyl (C=O) groups is 1. The van der Waals surface area contributed by atoms with E-state index in [2.05, 4.69) is 4.98 Å². The highest BCUT2D eigenvalue weighted by molar-refractivity contribution is 5.94. The fourth-order valence-corrected chi connectivity index (χ4v) is 1.96. The highest BCUT2D eigenvalue weighted by Gasteiger charge is 2.28. The van der Waals surface area contributed by atoms with Gasteiger partial charge in [0.15, 0.2) is 5.82 Å². The highest BCUT2D eigenvalue weighted by atomic mass is 19.1. The van der Waals surface area contributed by atoms with E-state index in [1.165, 1.54) is 12.3 Å². The molecule has 2 heterocycles. The molecule has 0 aliphatic carbocycles. The fourth-order valence-electron chi connectivity index (χ4n) is 1.96. The number of hydrogen-bond donors (Lipinski definition) is 0. The van der Waals surface area contributed by atoms with Crippen molar-refractivity contribution < 1.29 is 13.9 Å². The van der Waals surface area contributed by atoms with Crippen molar-refractivity contribution >= 4 is 5.91 Å². The second-order valence-corrected chi connectivity index (χ2v) is 3.99. The van der Waals surface area contributed by atoms with Gasteiger partial charge in [0.05, 0.1) is 31.0 Å². The predicted molar refractivity (Wildman–Crippen MR) is 60.1 cm³/mol. The van der Waals surface area contributed by atoms with Crippen molar-refractivity contribution in [2.24, 2.45) is 0 Å². The maximum absolute atomic E-state index is 13.5. The van der Waals surface area contributed by atoms with Crippen molar-refractivity contribution in [1.29, 1.82) is 0 Å². The summed E-state index contributed by atoms with van der Waals surface area (Å²) >= 11 is 0. The van der Waals surface area contributed by atoms with Crippen molar-refractivity contribution in [1.82, 2.24) is 9.88 Å². The Kier molecular flexibility index (Phi) is 3.68. The minimum absolute atomic E-state index is 0.0313. The van der Waals surface area contributed by atoms with Crippen molar-refractivity contribution in [3.63, 3.8) is 0 Å². The van der Waals surface area contributed by atoms with E-state index < -0.39 is 5.82 Å². The van der Waals surface area contributed by atoms with Crippen molar-refractivity contribution in [3.05, 3.63) is 29.8 Å². The van der Waals surface area contributed by atoms with Crippen LogP contribution >= 0.6 is 0 Å². The van der Waals surface area contributed by atoms with Gasteiger partial charge < -0.3 is 9.64 Å². The summed E-state index contributed by atoms with van der Waals surface area (Å²) in [4.78, 5) is 17.5. The first-order chi connectivity index (χ1) is 8.24. The van der Waals surface area contributed by atoms with E-state index in [-0.39, 0.29) is 17.5 Å². The molecule has 1 atom stereocenters. The van der Waals surface area contributed by atoms with Crippen LogP contribution in [0.15, 0.2) is 18.5 Å². The minimum atomic E-state index is -0.571. The van der Waals surface area contributed by atoms with Gasteiger partial charge in [-0.05, 0) is 12.5 Å². The van der Waals surface area contributed by atoms with Crippen LogP contribution in [-0.4, -0.2) is 41.6 Å². The number of hydrogen-bond acceptors (Lipinski definition) is 3. The zero-order valence-corrected chi connectivity index (χ0v) is 9.73. The summed E-state index contributed by atoms with van der Waals surface area (Å²) in [5.74, 6) is -0.848. The van der Waals surface area contributed by atoms with Gasteiger partial charge in [-0.3, -0.25) is 9.78 Å². The van der Waals surface area contributed by atoms with E-state index in [1.54, 1.807) is 4.90 Å². The summed E-state index contributed by atoms with van der Waals surface area (Å²) in [6.07, 6.45) is 3.30. The monoisotopic (exact) mass is 238 g/mol. The number of morpholine rings is 1. The molecule has 92 valence electrons. The normalized spacial score (nSPS) is 20.4. The minimum Gasteiger partial charge on any atom is -0.377 e. The quantitative estimate of drug-likeness (QED) is 0.783. The molecule has 0 radical (unpaired) electrons. The van der Waals surface area contributed by atoms with Gasteiger partial charge in [0.2, 0.25) is 0 Å². The molecule has 2 rings (SSSR count). The predicted octanol–water partition coefficient (Wildman–Crippen LogP) is 1.47. The number of aromatic nitrogens is 1. The zero-order valence-electron chi connectivity index (χ0n) is 9.73. The Labute approximate surface area is 99.4 Å². The van der Waals surface area contributed by atoms with Crippen molar-refractivity contribution in [2.45, 2.75) is 19.4 Å². The Balaban J connectivity index is 2.21. The van der Waals surface area contributed by atoms with Gasteiger partial charge in [-0.2, -0.15) is 0 Å². The molecule has 1 fully saturated rings. The standard InChI is InChI=1S/C12H15FN2O2/c1-2-9-8-17-6-5-15(9)12(16)10-3-4-14-7-11(10)13/h3-4,7,9H,2,5-6,8H2,1H3. The summed E-state index contributed by atoms with van der Waals surface area (Å²) in [5.41, 5.74) is 0.0837. The Bertz CT molecular complexity index is 411. The van der Waals surface area contributed by atoms with Gasteiger partial charge in [0.25, 0.3) is 5.91 Å². The molecular formula is C12H15FN2O2. The molecule has 0 bridgehead atoms. The lowest BCUT2D eigenvalue weighted by Gasteiger charge is -2.35. The van der Waals surface area contributed by atoms with Crippen LogP contribution < -0.4 is 0 Å². The second-order valence-electron chi connectivity index (χ2n) is 3.99. The molecule has 1 saturated heterocycles. The van der Waals surface area contributed by atoms with E-state index in [4.69, 9.17) is 4.74 Å². The van der Waals surface area contributed by atoms with E-state index in [9.17, 15) is 9.18 Å². The third-order valence-corrected chi connectivity index (χ3v) is 2.96. The Hall–Kier alpha value is -1.49. The molecule has 1 aliphatic rings. The maximum atomic E-state index is 13.5. The number of nitrogens with zero attached hydrogens (tertiary/aromatic N) is 2. The Morgan fingerprint density at radius 2 is 2.53 bits per heavy atom. The second kappa shape index (κ2) is 5.23. The lowest BCUT2D eigenvalue weighted by Crippen LogP contribution is -2.48. The SMILES string of the molecule is CCC1COCCN1C(=O)c1ccncc1F. The summed E-state index contributed by atoms with van der Waals surface area (Å²) < 4.78 is 18.8. The lowest BCUT2D eigenvalue weighted by molar-refractivity contribution is -0.00303. The van der Waals surface area contributed by atoms with Crippen LogP contribution in [0.5, 0.6) is 0 Å². The highest BCUT2D eigenvalue weighted by Crippen LogP contribution is 2.16. The van der Waals surface area contributed by atoms with Gasteiger partial charge in [0.1, 0.15) is 0 Å². The maximum Gasteiger partial charge on any atom is 0.257 e. The third kappa shape index (κ3) is 2.44. The lowest BCUT2D eigenvalue weighted by atomic mass is 10.1. The number of rotatable bonds is 2. The van der Waals surface area contributed by atoms with Gasteiger partial charge in [-0.1, -0.05) is 6.92 Å². The molecule has 0 spiro atoms. The molecule has 0 aromatic carbocycles. The van der Waals surface area contributed by atoms with Gasteiger partial charge >= 0.3 is 0 Å². The molecule has 1 aliphatic heterocycles. The first-order valence-corrected chi connectivity index (χ1v) is 5.72.